The van der Waals surface area contributed by atoms with E-state index in [4.69, 9.17) is 4.74 Å². The molecule has 0 radical (unpaired) electrons. The van der Waals surface area contributed by atoms with Gasteiger partial charge >= 0.3 is 6.18 Å². The highest BCUT2D eigenvalue weighted by atomic mass is 19.4. The summed E-state index contributed by atoms with van der Waals surface area (Å²) in [4.78, 5) is 16.3. The Hall–Kier alpha value is -2.41. The van der Waals surface area contributed by atoms with E-state index < -0.39 is 23.8 Å². The van der Waals surface area contributed by atoms with Crippen LogP contribution in [0.5, 0.6) is 0 Å². The molecule has 1 amide bonds. The van der Waals surface area contributed by atoms with Crippen molar-refractivity contribution in [1.82, 2.24) is 4.98 Å². The number of methoxy groups -OCH3 is 1. The molecule has 7 heteroatoms. The normalized spacial score (nSPS) is 12.7. The number of hydrogen-bond acceptors (Lipinski definition) is 3. The smallest absolute Gasteiger partial charge is 0.367 e. The number of carbonyl (C=O) groups excluding carboxylic acids is 1. The zero-order valence-electron chi connectivity index (χ0n) is 12.5. The van der Waals surface area contributed by atoms with Gasteiger partial charge in [0.05, 0.1) is 17.4 Å². The Morgan fingerprint density at radius 3 is 2.48 bits per heavy atom. The molecule has 0 aliphatic rings. The van der Waals surface area contributed by atoms with Crippen LogP contribution in [0.15, 0.2) is 42.6 Å². The molecule has 1 heterocycles. The number of benzene rings is 1. The zero-order valence-corrected chi connectivity index (χ0v) is 12.5. The number of carbonyl (C=O) groups is 1. The van der Waals surface area contributed by atoms with Crippen LogP contribution in [-0.4, -0.2) is 18.0 Å². The summed E-state index contributed by atoms with van der Waals surface area (Å²) in [5.41, 5.74) is 0.00458. The molecule has 23 heavy (non-hydrogen) atoms. The van der Waals surface area contributed by atoms with Crippen molar-refractivity contribution in [3.05, 3.63) is 59.4 Å². The predicted octanol–water partition coefficient (Wildman–Crippen LogP) is 3.74. The molecule has 0 saturated carbocycles. The number of pyridine rings is 1. The second-order valence-corrected chi connectivity index (χ2v) is 4.88. The topological polar surface area (TPSA) is 51.2 Å². The number of ether oxygens (including phenoxy) is 1. The fourth-order valence-electron chi connectivity index (χ4n) is 2.11. The molecule has 1 atom stereocenters. The zero-order chi connectivity index (χ0) is 17.0. The van der Waals surface area contributed by atoms with Gasteiger partial charge in [0.1, 0.15) is 0 Å². The second kappa shape index (κ2) is 6.78. The number of hydrogen-bond donors (Lipinski definition) is 1. The van der Waals surface area contributed by atoms with E-state index in [1.54, 1.807) is 19.1 Å². The molecular weight excluding hydrogens is 309 g/mol. The largest absolute Gasteiger partial charge is 0.416 e. The highest BCUT2D eigenvalue weighted by Gasteiger charge is 2.36. The number of alkyl halides is 3. The van der Waals surface area contributed by atoms with Crippen LogP contribution in [0.3, 0.4) is 0 Å². The maximum Gasteiger partial charge on any atom is 0.416 e. The second-order valence-electron chi connectivity index (χ2n) is 4.88. The Balaban J connectivity index is 2.29. The summed E-state index contributed by atoms with van der Waals surface area (Å²) in [5, 5.41) is 2.50. The lowest BCUT2D eigenvalue weighted by Crippen LogP contribution is -2.25. The molecule has 122 valence electrons. The number of aryl methyl sites for hydroxylation is 1. The van der Waals surface area contributed by atoms with E-state index in [0.717, 1.165) is 11.8 Å². The number of nitrogens with zero attached hydrogens (tertiary/aromatic N) is 1. The maximum atomic E-state index is 13.1. The SMILES string of the molecule is COC(C(=O)Nc1ccc(C)nc1)c1ccccc1C(F)(F)F. The van der Waals surface area contributed by atoms with E-state index >= 15 is 0 Å². The average Bonchev–Trinajstić information content (AvgIpc) is 2.50. The van der Waals surface area contributed by atoms with Gasteiger partial charge in [-0.2, -0.15) is 13.2 Å². The summed E-state index contributed by atoms with van der Waals surface area (Å²) >= 11 is 0. The number of rotatable bonds is 4. The third-order valence-corrected chi connectivity index (χ3v) is 3.20. The van der Waals surface area contributed by atoms with Crippen molar-refractivity contribution in [3.63, 3.8) is 0 Å². The third kappa shape index (κ3) is 4.07. The fraction of sp³-hybridized carbons (Fsp3) is 0.250. The molecular formula is C16H15F3N2O2. The lowest BCUT2D eigenvalue weighted by Gasteiger charge is -2.20. The lowest BCUT2D eigenvalue weighted by molar-refractivity contribution is -0.140. The van der Waals surface area contributed by atoms with E-state index in [1.807, 2.05) is 0 Å². The van der Waals surface area contributed by atoms with Gasteiger partial charge in [0.25, 0.3) is 5.91 Å². The molecule has 0 bridgehead atoms. The first-order valence-corrected chi connectivity index (χ1v) is 6.75. The fourth-order valence-corrected chi connectivity index (χ4v) is 2.11. The summed E-state index contributed by atoms with van der Waals surface area (Å²) in [7, 11) is 1.19. The van der Waals surface area contributed by atoms with Gasteiger partial charge < -0.3 is 10.1 Å². The monoisotopic (exact) mass is 324 g/mol. The number of nitrogens with one attached hydrogen (secondary N) is 1. The first-order chi connectivity index (χ1) is 10.8. The Morgan fingerprint density at radius 1 is 1.22 bits per heavy atom. The van der Waals surface area contributed by atoms with E-state index in [2.05, 4.69) is 10.3 Å². The van der Waals surface area contributed by atoms with Gasteiger partial charge in [-0.05, 0) is 25.1 Å². The molecule has 2 rings (SSSR count). The molecule has 0 aliphatic heterocycles. The summed E-state index contributed by atoms with van der Waals surface area (Å²) in [5.74, 6) is -0.699. The van der Waals surface area contributed by atoms with Crippen LogP contribution < -0.4 is 5.32 Å². The minimum Gasteiger partial charge on any atom is -0.367 e. The molecule has 0 aliphatic carbocycles. The van der Waals surface area contributed by atoms with Crippen molar-refractivity contribution in [2.24, 2.45) is 0 Å². The van der Waals surface area contributed by atoms with Gasteiger partial charge in [0.15, 0.2) is 6.10 Å². The van der Waals surface area contributed by atoms with Crippen molar-refractivity contribution in [1.29, 1.82) is 0 Å². The van der Waals surface area contributed by atoms with E-state index in [-0.39, 0.29) is 5.56 Å². The molecule has 0 spiro atoms. The molecule has 1 aromatic heterocycles. The van der Waals surface area contributed by atoms with Crippen LogP contribution in [0, 0.1) is 6.92 Å². The van der Waals surface area contributed by atoms with Crippen LogP contribution in [0.2, 0.25) is 0 Å². The Bertz CT molecular complexity index is 684. The van der Waals surface area contributed by atoms with Crippen LogP contribution in [0.1, 0.15) is 22.9 Å². The number of anilines is 1. The van der Waals surface area contributed by atoms with Gasteiger partial charge in [-0.3, -0.25) is 9.78 Å². The highest BCUT2D eigenvalue weighted by molar-refractivity contribution is 5.95. The minimum atomic E-state index is -4.57. The average molecular weight is 324 g/mol. The predicted molar refractivity (Wildman–Crippen MR) is 78.8 cm³/mol. The first kappa shape index (κ1) is 17.0. The minimum absolute atomic E-state index is 0.236. The Morgan fingerprint density at radius 2 is 1.91 bits per heavy atom. The third-order valence-electron chi connectivity index (χ3n) is 3.20. The number of aromatic nitrogens is 1. The molecule has 1 aromatic carbocycles. The van der Waals surface area contributed by atoms with E-state index in [0.29, 0.717) is 5.69 Å². The maximum absolute atomic E-state index is 13.1. The molecule has 1 N–H and O–H groups in total. The highest BCUT2D eigenvalue weighted by Crippen LogP contribution is 2.35. The van der Waals surface area contributed by atoms with Gasteiger partial charge in [-0.25, -0.2) is 0 Å². The van der Waals surface area contributed by atoms with Gasteiger partial charge in [0.2, 0.25) is 0 Å². The molecule has 0 saturated heterocycles. The summed E-state index contributed by atoms with van der Waals surface area (Å²) in [6, 6.07) is 8.13. The quantitative estimate of drug-likeness (QED) is 0.932. The van der Waals surface area contributed by atoms with E-state index in [1.165, 1.54) is 31.5 Å². The van der Waals surface area contributed by atoms with Crippen LogP contribution in [0.4, 0.5) is 18.9 Å². The van der Waals surface area contributed by atoms with Crippen molar-refractivity contribution >= 4 is 11.6 Å². The van der Waals surface area contributed by atoms with Gasteiger partial charge in [-0.1, -0.05) is 18.2 Å². The van der Waals surface area contributed by atoms with Crippen LogP contribution in [-0.2, 0) is 15.7 Å². The van der Waals surface area contributed by atoms with Gasteiger partial charge in [0, 0.05) is 18.4 Å². The van der Waals surface area contributed by atoms with Crippen molar-refractivity contribution in [2.45, 2.75) is 19.2 Å². The Labute approximate surface area is 131 Å². The van der Waals surface area contributed by atoms with Crippen molar-refractivity contribution in [3.8, 4) is 0 Å². The van der Waals surface area contributed by atoms with Crippen molar-refractivity contribution < 1.29 is 22.7 Å². The lowest BCUT2D eigenvalue weighted by atomic mass is 10.0. The molecule has 0 fully saturated rings. The number of halogens is 3. The molecule has 4 nitrogen and oxygen atoms in total. The summed E-state index contributed by atoms with van der Waals surface area (Å²) in [6.07, 6.45) is -4.52. The summed E-state index contributed by atoms with van der Waals surface area (Å²) in [6.45, 7) is 1.78. The van der Waals surface area contributed by atoms with E-state index in [9.17, 15) is 18.0 Å². The summed E-state index contributed by atoms with van der Waals surface area (Å²) < 4.78 is 44.2. The Kier molecular flexibility index (Phi) is 5.00. The van der Waals surface area contributed by atoms with Crippen LogP contribution >= 0.6 is 0 Å². The first-order valence-electron chi connectivity index (χ1n) is 6.75. The molecule has 1 unspecified atom stereocenters. The standard InChI is InChI=1S/C16H15F3N2O2/c1-10-7-8-11(9-20-10)21-15(22)14(23-2)12-5-3-4-6-13(12)16(17,18)19/h3-9,14H,1-2H3,(H,21,22). The van der Waals surface area contributed by atoms with Gasteiger partial charge in [-0.15, -0.1) is 0 Å². The van der Waals surface area contributed by atoms with Crippen molar-refractivity contribution in [2.75, 3.05) is 12.4 Å². The molecule has 2 aromatic rings. The number of amides is 1. The van der Waals surface area contributed by atoms with Crippen LogP contribution in [0.25, 0.3) is 0 Å².